The fraction of sp³-hybridized carbons (Fsp3) is 0.889. The maximum absolute atomic E-state index is 10.4. The van der Waals surface area contributed by atoms with Crippen molar-refractivity contribution >= 4 is 58.1 Å². The molecule has 0 aromatic heterocycles. The zero-order valence-corrected chi connectivity index (χ0v) is 9.71. The van der Waals surface area contributed by atoms with Gasteiger partial charge in [0.1, 0.15) is 3.92 Å². The fourth-order valence-electron chi connectivity index (χ4n) is 1.05. The Hall–Kier alpha value is 1.20. The molecule has 0 saturated heterocycles. The van der Waals surface area contributed by atoms with Gasteiger partial charge in [0.25, 0.3) is 0 Å². The number of hydrogen-bond acceptors (Lipinski definition) is 1. The van der Waals surface area contributed by atoms with Crippen molar-refractivity contribution in [2.75, 3.05) is 0 Å². The summed E-state index contributed by atoms with van der Waals surface area (Å²) in [5.74, 6) is -0.675. The van der Waals surface area contributed by atoms with Crippen LogP contribution in [0, 0.1) is 0 Å². The first-order chi connectivity index (χ1) is 5.68. The molecule has 0 aliphatic heterocycles. The third-order valence-electron chi connectivity index (χ3n) is 1.83. The zero-order chi connectivity index (χ0) is 9.40. The van der Waals surface area contributed by atoms with Crippen LogP contribution in [0.1, 0.15) is 45.4 Å². The molecular formula is C9H18INaO2. The molecule has 0 aromatic rings. The van der Waals surface area contributed by atoms with E-state index >= 15 is 0 Å². The summed E-state index contributed by atoms with van der Waals surface area (Å²) in [4.78, 5) is 10.4. The van der Waals surface area contributed by atoms with Crippen LogP contribution in [0.4, 0.5) is 0 Å². The van der Waals surface area contributed by atoms with E-state index in [9.17, 15) is 4.79 Å². The molecule has 0 bridgehead atoms. The monoisotopic (exact) mass is 308 g/mol. The van der Waals surface area contributed by atoms with Crippen LogP contribution in [-0.2, 0) is 4.79 Å². The third kappa shape index (κ3) is 11.1. The van der Waals surface area contributed by atoms with E-state index in [0.29, 0.717) is 0 Å². The van der Waals surface area contributed by atoms with Crippen LogP contribution in [0.2, 0.25) is 0 Å². The van der Waals surface area contributed by atoms with Crippen molar-refractivity contribution in [3.05, 3.63) is 0 Å². The second-order valence-corrected chi connectivity index (χ2v) is 4.51. The number of hydrogen-bond donors (Lipinski definition) is 1. The van der Waals surface area contributed by atoms with Crippen LogP contribution in [0.15, 0.2) is 0 Å². The van der Waals surface area contributed by atoms with Gasteiger partial charge in [-0.2, -0.15) is 0 Å². The van der Waals surface area contributed by atoms with Gasteiger partial charge in [-0.15, -0.1) is 0 Å². The number of carbonyl (C=O) groups is 1. The summed E-state index contributed by atoms with van der Waals surface area (Å²) in [6.45, 7) is 2.18. The standard InChI is InChI=1S/C9H17IO2.Na.H/c1-2-3-4-5-6-7-8(10)9(11)12;;/h8H,2-7H2,1H3,(H,11,12);;. The van der Waals surface area contributed by atoms with Gasteiger partial charge in [-0.1, -0.05) is 61.6 Å². The number of unbranched alkanes of at least 4 members (excludes halogenated alkanes) is 4. The van der Waals surface area contributed by atoms with E-state index in [4.69, 9.17) is 5.11 Å². The fourth-order valence-corrected chi connectivity index (χ4v) is 1.49. The van der Waals surface area contributed by atoms with Gasteiger partial charge >= 0.3 is 35.5 Å². The van der Waals surface area contributed by atoms with Crippen LogP contribution in [0.5, 0.6) is 0 Å². The van der Waals surface area contributed by atoms with E-state index in [-0.39, 0.29) is 33.5 Å². The predicted molar refractivity (Wildman–Crippen MR) is 66.0 cm³/mol. The molecule has 0 fully saturated rings. The molecule has 1 atom stereocenters. The predicted octanol–water partition coefficient (Wildman–Crippen LogP) is 2.59. The Kier molecular flexibility index (Phi) is 14.4. The van der Waals surface area contributed by atoms with Gasteiger partial charge in [0.15, 0.2) is 0 Å². The van der Waals surface area contributed by atoms with Crippen molar-refractivity contribution in [2.24, 2.45) is 0 Å². The van der Waals surface area contributed by atoms with E-state index in [0.717, 1.165) is 12.8 Å². The third-order valence-corrected chi connectivity index (χ3v) is 2.98. The Labute approximate surface area is 116 Å². The summed E-state index contributed by atoms with van der Waals surface area (Å²) in [5.41, 5.74) is 0. The van der Waals surface area contributed by atoms with E-state index < -0.39 is 5.97 Å². The average Bonchev–Trinajstić information content (AvgIpc) is 2.03. The van der Waals surface area contributed by atoms with Crippen LogP contribution in [0.3, 0.4) is 0 Å². The molecule has 2 nitrogen and oxygen atoms in total. The SMILES string of the molecule is CCCCCCCC(I)C(=O)O.[NaH]. The Morgan fingerprint density at radius 1 is 1.31 bits per heavy atom. The number of halogens is 1. The Balaban J connectivity index is 0. The first-order valence-corrected chi connectivity index (χ1v) is 5.80. The normalized spacial score (nSPS) is 11.8. The van der Waals surface area contributed by atoms with E-state index in [1.165, 1.54) is 25.7 Å². The minimum atomic E-state index is -0.675. The first kappa shape index (κ1) is 16.6. The summed E-state index contributed by atoms with van der Waals surface area (Å²) in [6.07, 6.45) is 6.82. The number of aliphatic carboxylic acids is 1. The van der Waals surface area contributed by atoms with Crippen molar-refractivity contribution in [3.63, 3.8) is 0 Å². The van der Waals surface area contributed by atoms with E-state index in [1.807, 2.05) is 22.6 Å². The van der Waals surface area contributed by atoms with Crippen LogP contribution in [0.25, 0.3) is 0 Å². The Morgan fingerprint density at radius 2 is 1.85 bits per heavy atom. The number of carboxylic acid groups (broad SMARTS) is 1. The molecule has 0 aromatic carbocycles. The van der Waals surface area contributed by atoms with Crippen molar-refractivity contribution < 1.29 is 9.90 Å². The number of alkyl halides is 1. The topological polar surface area (TPSA) is 37.3 Å². The molecule has 0 spiro atoms. The molecule has 0 amide bonds. The van der Waals surface area contributed by atoms with Gasteiger partial charge in [0.2, 0.25) is 0 Å². The summed E-state index contributed by atoms with van der Waals surface area (Å²) in [5, 5.41) is 8.58. The van der Waals surface area contributed by atoms with Crippen LogP contribution >= 0.6 is 22.6 Å². The first-order valence-electron chi connectivity index (χ1n) is 4.55. The molecule has 13 heavy (non-hydrogen) atoms. The minimum absolute atomic E-state index is 0. The van der Waals surface area contributed by atoms with Gasteiger partial charge in [0, 0.05) is 0 Å². The van der Waals surface area contributed by atoms with Crippen molar-refractivity contribution in [1.82, 2.24) is 0 Å². The molecule has 0 radical (unpaired) electrons. The van der Waals surface area contributed by atoms with Crippen LogP contribution < -0.4 is 0 Å². The van der Waals surface area contributed by atoms with Crippen molar-refractivity contribution in [2.45, 2.75) is 49.4 Å². The molecule has 1 N–H and O–H groups in total. The molecule has 0 rings (SSSR count). The Morgan fingerprint density at radius 3 is 2.31 bits per heavy atom. The summed E-state index contributed by atoms with van der Waals surface area (Å²) >= 11 is 1.99. The van der Waals surface area contributed by atoms with Crippen LogP contribution in [-0.4, -0.2) is 44.6 Å². The molecule has 0 aliphatic rings. The number of rotatable bonds is 7. The van der Waals surface area contributed by atoms with Gasteiger partial charge in [-0.05, 0) is 6.42 Å². The molecule has 74 valence electrons. The van der Waals surface area contributed by atoms with Crippen molar-refractivity contribution in [3.8, 4) is 0 Å². The average molecular weight is 308 g/mol. The maximum atomic E-state index is 10.4. The van der Waals surface area contributed by atoms with Gasteiger partial charge in [0.05, 0.1) is 0 Å². The van der Waals surface area contributed by atoms with Crippen molar-refractivity contribution in [1.29, 1.82) is 0 Å². The second kappa shape index (κ2) is 11.3. The van der Waals surface area contributed by atoms with E-state index in [1.54, 1.807) is 0 Å². The number of carboxylic acids is 1. The quantitative estimate of drug-likeness (QED) is 0.340. The molecule has 0 saturated carbocycles. The Bertz CT molecular complexity index is 131. The second-order valence-electron chi connectivity index (χ2n) is 3.01. The van der Waals surface area contributed by atoms with Gasteiger partial charge in [-0.3, -0.25) is 4.79 Å². The zero-order valence-electron chi connectivity index (χ0n) is 7.55. The molecule has 4 heteroatoms. The summed E-state index contributed by atoms with van der Waals surface area (Å²) in [7, 11) is 0. The molecule has 1 unspecified atom stereocenters. The van der Waals surface area contributed by atoms with E-state index in [2.05, 4.69) is 6.92 Å². The molecule has 0 heterocycles. The van der Waals surface area contributed by atoms with Gasteiger partial charge in [-0.25, -0.2) is 0 Å². The summed E-state index contributed by atoms with van der Waals surface area (Å²) < 4.78 is -0.191. The van der Waals surface area contributed by atoms with Gasteiger partial charge < -0.3 is 5.11 Å². The summed E-state index contributed by atoms with van der Waals surface area (Å²) in [6, 6.07) is 0. The molecule has 0 aliphatic carbocycles. The molecular weight excluding hydrogens is 290 g/mol.